The number of rotatable bonds is 4. The lowest BCUT2D eigenvalue weighted by Gasteiger charge is -2.16. The molecule has 114 valence electrons. The summed E-state index contributed by atoms with van der Waals surface area (Å²) in [5.41, 5.74) is 0.705. The number of phenolic OH excluding ortho intramolecular Hbond substituents is 1. The number of hydrogen-bond acceptors (Lipinski definition) is 4. The minimum absolute atomic E-state index is 0.0676. The number of nitrogens with one attached hydrogen (secondary N) is 1. The quantitative estimate of drug-likeness (QED) is 0.908. The predicted molar refractivity (Wildman–Crippen MR) is 84.7 cm³/mol. The maximum Gasteiger partial charge on any atom is 0.227 e. The third-order valence-corrected chi connectivity index (χ3v) is 4.55. The van der Waals surface area contributed by atoms with Crippen molar-refractivity contribution < 1.29 is 14.7 Å². The lowest BCUT2D eigenvalue weighted by Crippen LogP contribution is -2.32. The van der Waals surface area contributed by atoms with Crippen LogP contribution in [0.4, 0.5) is 5.69 Å². The van der Waals surface area contributed by atoms with Gasteiger partial charge in [0.05, 0.1) is 12.5 Å². The van der Waals surface area contributed by atoms with Crippen LogP contribution in [0, 0.1) is 5.92 Å². The van der Waals surface area contributed by atoms with E-state index in [0.29, 0.717) is 18.8 Å². The van der Waals surface area contributed by atoms with E-state index in [0.717, 1.165) is 4.88 Å². The monoisotopic (exact) mass is 316 g/mol. The molecule has 0 aliphatic carbocycles. The van der Waals surface area contributed by atoms with Crippen LogP contribution in [-0.2, 0) is 16.1 Å². The van der Waals surface area contributed by atoms with E-state index in [2.05, 4.69) is 5.32 Å². The fourth-order valence-corrected chi connectivity index (χ4v) is 3.14. The Bertz CT molecular complexity index is 667. The molecule has 1 saturated heterocycles. The summed E-state index contributed by atoms with van der Waals surface area (Å²) in [5, 5.41) is 14.1. The van der Waals surface area contributed by atoms with E-state index in [1.54, 1.807) is 28.4 Å². The van der Waals surface area contributed by atoms with Crippen LogP contribution >= 0.6 is 11.3 Å². The Morgan fingerprint density at radius 3 is 2.77 bits per heavy atom. The zero-order valence-electron chi connectivity index (χ0n) is 11.9. The van der Waals surface area contributed by atoms with E-state index in [1.165, 1.54) is 12.1 Å². The molecule has 0 saturated carbocycles. The van der Waals surface area contributed by atoms with Gasteiger partial charge in [0.2, 0.25) is 11.8 Å². The van der Waals surface area contributed by atoms with Crippen LogP contribution in [0.2, 0.25) is 0 Å². The molecule has 2 aromatic rings. The summed E-state index contributed by atoms with van der Waals surface area (Å²) in [4.78, 5) is 27.0. The maximum atomic E-state index is 12.2. The Kier molecular flexibility index (Phi) is 4.11. The average Bonchev–Trinajstić information content (AvgIpc) is 3.15. The van der Waals surface area contributed by atoms with Crippen molar-refractivity contribution in [1.82, 2.24) is 5.32 Å². The van der Waals surface area contributed by atoms with Crippen molar-refractivity contribution in [2.45, 2.75) is 13.0 Å². The van der Waals surface area contributed by atoms with Gasteiger partial charge in [0.1, 0.15) is 5.75 Å². The third kappa shape index (κ3) is 3.12. The van der Waals surface area contributed by atoms with Crippen molar-refractivity contribution in [3.8, 4) is 5.75 Å². The van der Waals surface area contributed by atoms with Gasteiger partial charge >= 0.3 is 0 Å². The maximum absolute atomic E-state index is 12.2. The first-order valence-corrected chi connectivity index (χ1v) is 7.91. The number of amides is 2. The molecule has 0 unspecified atom stereocenters. The second-order valence-electron chi connectivity index (χ2n) is 5.22. The van der Waals surface area contributed by atoms with Crippen molar-refractivity contribution in [2.24, 2.45) is 5.92 Å². The zero-order valence-corrected chi connectivity index (χ0v) is 12.7. The summed E-state index contributed by atoms with van der Waals surface area (Å²) in [5.74, 6) is -0.341. The van der Waals surface area contributed by atoms with E-state index in [-0.39, 0.29) is 29.9 Å². The first-order chi connectivity index (χ1) is 10.6. The molecule has 0 bridgehead atoms. The Morgan fingerprint density at radius 1 is 1.32 bits per heavy atom. The molecule has 1 aliphatic heterocycles. The Hall–Kier alpha value is -2.34. The smallest absolute Gasteiger partial charge is 0.227 e. The van der Waals surface area contributed by atoms with Gasteiger partial charge in [-0.1, -0.05) is 6.07 Å². The van der Waals surface area contributed by atoms with Gasteiger partial charge in [-0.05, 0) is 35.7 Å². The highest BCUT2D eigenvalue weighted by atomic mass is 32.1. The first-order valence-electron chi connectivity index (χ1n) is 7.03. The second kappa shape index (κ2) is 6.19. The van der Waals surface area contributed by atoms with Crippen LogP contribution in [0.5, 0.6) is 5.75 Å². The SMILES string of the molecule is O=C(NCc1cccs1)[C@@H]1CC(=O)N(c2ccc(O)cc2)C1. The zero-order chi connectivity index (χ0) is 15.5. The standard InChI is InChI=1S/C16H16N2O3S/c19-13-5-3-12(4-6-13)18-10-11(8-15(18)20)16(21)17-9-14-2-1-7-22-14/h1-7,11,19H,8-10H2,(H,17,21)/t11-/m1/s1. The Labute approximate surface area is 132 Å². The molecule has 3 rings (SSSR count). The van der Waals surface area contributed by atoms with Gasteiger partial charge in [-0.15, -0.1) is 11.3 Å². The molecule has 1 aromatic carbocycles. The highest BCUT2D eigenvalue weighted by Crippen LogP contribution is 2.26. The minimum Gasteiger partial charge on any atom is -0.508 e. The van der Waals surface area contributed by atoms with Crippen LogP contribution in [0.1, 0.15) is 11.3 Å². The van der Waals surface area contributed by atoms with Crippen LogP contribution < -0.4 is 10.2 Å². The number of phenols is 1. The van der Waals surface area contributed by atoms with Gasteiger partial charge < -0.3 is 15.3 Å². The fraction of sp³-hybridized carbons (Fsp3) is 0.250. The van der Waals surface area contributed by atoms with Gasteiger partial charge in [-0.2, -0.15) is 0 Å². The van der Waals surface area contributed by atoms with E-state index in [4.69, 9.17) is 0 Å². The molecule has 22 heavy (non-hydrogen) atoms. The van der Waals surface area contributed by atoms with Crippen molar-refractivity contribution in [2.75, 3.05) is 11.4 Å². The summed E-state index contributed by atoms with van der Waals surface area (Å²) < 4.78 is 0. The van der Waals surface area contributed by atoms with Gasteiger partial charge in [0.15, 0.2) is 0 Å². The van der Waals surface area contributed by atoms with Gasteiger partial charge in [-0.3, -0.25) is 9.59 Å². The van der Waals surface area contributed by atoms with Crippen molar-refractivity contribution >= 4 is 28.8 Å². The molecule has 0 radical (unpaired) electrons. The summed E-state index contributed by atoms with van der Waals surface area (Å²) in [7, 11) is 0. The van der Waals surface area contributed by atoms with E-state index < -0.39 is 0 Å². The van der Waals surface area contributed by atoms with Crippen LogP contribution in [0.3, 0.4) is 0 Å². The lowest BCUT2D eigenvalue weighted by molar-refractivity contribution is -0.126. The van der Waals surface area contributed by atoms with Crippen LogP contribution in [0.15, 0.2) is 41.8 Å². The Balaban J connectivity index is 1.61. The molecule has 2 N–H and O–H groups in total. The number of carbonyl (C=O) groups is 2. The van der Waals surface area contributed by atoms with Crippen molar-refractivity contribution in [3.05, 3.63) is 46.7 Å². The minimum atomic E-state index is -0.332. The molecule has 2 amide bonds. The van der Waals surface area contributed by atoms with E-state index >= 15 is 0 Å². The topological polar surface area (TPSA) is 69.6 Å². The first kappa shape index (κ1) is 14.6. The molecule has 6 heteroatoms. The Morgan fingerprint density at radius 2 is 2.09 bits per heavy atom. The average molecular weight is 316 g/mol. The third-order valence-electron chi connectivity index (χ3n) is 3.67. The van der Waals surface area contributed by atoms with Crippen LogP contribution in [0.25, 0.3) is 0 Å². The van der Waals surface area contributed by atoms with Crippen molar-refractivity contribution in [1.29, 1.82) is 0 Å². The number of benzene rings is 1. The molecule has 1 aliphatic rings. The van der Waals surface area contributed by atoms with E-state index in [1.807, 2.05) is 17.5 Å². The normalized spacial score (nSPS) is 17.7. The highest BCUT2D eigenvalue weighted by molar-refractivity contribution is 7.09. The molecular formula is C16H16N2O3S. The summed E-state index contributed by atoms with van der Waals surface area (Å²) in [6.45, 7) is 0.875. The number of aromatic hydroxyl groups is 1. The molecule has 2 heterocycles. The molecule has 1 fully saturated rings. The number of anilines is 1. The number of carbonyl (C=O) groups excluding carboxylic acids is 2. The molecule has 1 aromatic heterocycles. The lowest BCUT2D eigenvalue weighted by atomic mass is 10.1. The number of nitrogens with zero attached hydrogens (tertiary/aromatic N) is 1. The molecule has 0 spiro atoms. The summed E-state index contributed by atoms with van der Waals surface area (Å²) in [6, 6.07) is 10.3. The van der Waals surface area contributed by atoms with Gasteiger partial charge in [0.25, 0.3) is 0 Å². The summed E-state index contributed by atoms with van der Waals surface area (Å²) in [6.07, 6.45) is 0.219. The van der Waals surface area contributed by atoms with E-state index in [9.17, 15) is 14.7 Å². The molecular weight excluding hydrogens is 300 g/mol. The van der Waals surface area contributed by atoms with Gasteiger partial charge in [0, 0.05) is 23.5 Å². The molecule has 1 atom stereocenters. The fourth-order valence-electron chi connectivity index (χ4n) is 2.50. The second-order valence-corrected chi connectivity index (χ2v) is 6.25. The van der Waals surface area contributed by atoms with Gasteiger partial charge in [-0.25, -0.2) is 0 Å². The highest BCUT2D eigenvalue weighted by Gasteiger charge is 2.34. The molecule has 5 nitrogen and oxygen atoms in total. The largest absolute Gasteiger partial charge is 0.508 e. The predicted octanol–water partition coefficient (Wildman–Crippen LogP) is 2.12. The van der Waals surface area contributed by atoms with Crippen molar-refractivity contribution in [3.63, 3.8) is 0 Å². The number of thiophene rings is 1. The van der Waals surface area contributed by atoms with Crippen LogP contribution in [-0.4, -0.2) is 23.5 Å². The summed E-state index contributed by atoms with van der Waals surface area (Å²) >= 11 is 1.59. The number of hydrogen-bond donors (Lipinski definition) is 2.